The number of thiazole rings is 1. The van der Waals surface area contributed by atoms with Crippen molar-refractivity contribution >= 4 is 49.9 Å². The average Bonchev–Trinajstić information content (AvgIpc) is 3.13. The summed E-state index contributed by atoms with van der Waals surface area (Å²) in [5.74, 6) is -0.812. The monoisotopic (exact) mass is 450 g/mol. The SMILES string of the molecule is Cc1nc2c(F)cc(NC(=O)c3ccc(N4C[C@@H](C)N[C@H](C)C4)c4nccnc34)cc2s1. The molecule has 3 heterocycles. The second-order valence-electron chi connectivity index (χ2n) is 8.25. The van der Waals surface area contributed by atoms with Gasteiger partial charge < -0.3 is 15.5 Å². The van der Waals surface area contributed by atoms with Crippen LogP contribution in [0.15, 0.2) is 36.7 Å². The van der Waals surface area contributed by atoms with Gasteiger partial charge in [0.25, 0.3) is 5.91 Å². The number of nitrogens with one attached hydrogen (secondary N) is 2. The standard InChI is InChI=1S/C23H23FN6OS/c1-12-10-30(11-13(2)27-12)18-5-4-16(20-22(18)26-7-6-25-20)23(31)29-15-8-17(24)21-19(9-15)32-14(3)28-21/h4-9,12-13,27H,10-11H2,1-3H3,(H,29,31)/t12-,13-/m1/s1. The Hall–Kier alpha value is -3.17. The summed E-state index contributed by atoms with van der Waals surface area (Å²) in [5, 5.41) is 7.11. The third kappa shape index (κ3) is 3.78. The van der Waals surface area contributed by atoms with Crippen molar-refractivity contribution in [1.29, 1.82) is 0 Å². The van der Waals surface area contributed by atoms with Gasteiger partial charge in [-0.05, 0) is 45.0 Å². The second kappa shape index (κ2) is 8.07. The van der Waals surface area contributed by atoms with E-state index in [0.29, 0.717) is 44.6 Å². The number of rotatable bonds is 3. The summed E-state index contributed by atoms with van der Waals surface area (Å²) in [5.41, 5.74) is 3.27. The number of carbonyl (C=O) groups excluding carboxylic acids is 1. The number of anilines is 2. The lowest BCUT2D eigenvalue weighted by Crippen LogP contribution is -2.54. The van der Waals surface area contributed by atoms with Crippen LogP contribution in [0.2, 0.25) is 0 Å². The minimum absolute atomic E-state index is 0.325. The minimum Gasteiger partial charge on any atom is -0.367 e. The Balaban J connectivity index is 1.50. The zero-order valence-corrected chi connectivity index (χ0v) is 18.8. The molecule has 1 aliphatic rings. The predicted molar refractivity (Wildman–Crippen MR) is 126 cm³/mol. The molecule has 5 rings (SSSR count). The van der Waals surface area contributed by atoms with Crippen molar-refractivity contribution in [1.82, 2.24) is 20.3 Å². The van der Waals surface area contributed by atoms with Crippen LogP contribution in [0.5, 0.6) is 0 Å². The van der Waals surface area contributed by atoms with Crippen LogP contribution in [0.25, 0.3) is 21.3 Å². The van der Waals surface area contributed by atoms with Gasteiger partial charge in [0, 0.05) is 43.3 Å². The molecule has 1 fully saturated rings. The highest BCUT2D eigenvalue weighted by molar-refractivity contribution is 7.18. The molecule has 0 unspecified atom stereocenters. The van der Waals surface area contributed by atoms with Gasteiger partial charge in [0.1, 0.15) is 16.6 Å². The molecule has 32 heavy (non-hydrogen) atoms. The minimum atomic E-state index is -0.455. The first kappa shape index (κ1) is 20.7. The van der Waals surface area contributed by atoms with E-state index < -0.39 is 5.82 Å². The van der Waals surface area contributed by atoms with Gasteiger partial charge in [-0.25, -0.2) is 9.37 Å². The molecule has 0 saturated carbocycles. The molecule has 164 valence electrons. The first-order chi connectivity index (χ1) is 15.4. The molecular weight excluding hydrogens is 427 g/mol. The number of aromatic nitrogens is 3. The summed E-state index contributed by atoms with van der Waals surface area (Å²) in [7, 11) is 0. The van der Waals surface area contributed by atoms with Crippen LogP contribution in [0, 0.1) is 12.7 Å². The number of nitrogens with zero attached hydrogens (tertiary/aromatic N) is 4. The Morgan fingerprint density at radius 2 is 1.84 bits per heavy atom. The molecule has 2 aromatic heterocycles. The fourth-order valence-corrected chi connectivity index (χ4v) is 5.26. The number of fused-ring (bicyclic) bond motifs is 2. The van der Waals surface area contributed by atoms with Crippen molar-refractivity contribution in [2.45, 2.75) is 32.9 Å². The lowest BCUT2D eigenvalue weighted by molar-refractivity contribution is 0.102. The maximum absolute atomic E-state index is 14.4. The lowest BCUT2D eigenvalue weighted by Gasteiger charge is -2.38. The Morgan fingerprint density at radius 3 is 2.59 bits per heavy atom. The Labute approximate surface area is 188 Å². The van der Waals surface area contributed by atoms with Crippen LogP contribution in [-0.4, -0.2) is 46.0 Å². The average molecular weight is 451 g/mol. The molecule has 4 aromatic rings. The fraction of sp³-hybridized carbons (Fsp3) is 0.304. The molecule has 1 amide bonds. The quantitative estimate of drug-likeness (QED) is 0.489. The predicted octanol–water partition coefficient (Wildman–Crippen LogP) is 4.13. The van der Waals surface area contributed by atoms with Gasteiger partial charge in [-0.3, -0.25) is 14.8 Å². The number of carbonyl (C=O) groups is 1. The third-order valence-electron chi connectivity index (χ3n) is 5.56. The van der Waals surface area contributed by atoms with E-state index in [9.17, 15) is 9.18 Å². The van der Waals surface area contributed by atoms with E-state index in [0.717, 1.165) is 23.8 Å². The number of halogens is 1. The molecule has 2 atom stereocenters. The Morgan fingerprint density at radius 1 is 1.12 bits per heavy atom. The molecular formula is C23H23FN6OS. The number of piperazine rings is 1. The van der Waals surface area contributed by atoms with E-state index in [4.69, 9.17) is 0 Å². The fourth-order valence-electron chi connectivity index (χ4n) is 4.37. The molecule has 0 aliphatic carbocycles. The lowest BCUT2D eigenvalue weighted by atomic mass is 10.1. The smallest absolute Gasteiger partial charge is 0.257 e. The van der Waals surface area contributed by atoms with Gasteiger partial charge in [0.2, 0.25) is 0 Å². The topological polar surface area (TPSA) is 83.0 Å². The van der Waals surface area contributed by atoms with Crippen molar-refractivity contribution in [3.05, 3.63) is 53.0 Å². The summed E-state index contributed by atoms with van der Waals surface area (Å²) in [4.78, 5) is 28.6. The van der Waals surface area contributed by atoms with Gasteiger partial charge >= 0.3 is 0 Å². The van der Waals surface area contributed by atoms with Crippen molar-refractivity contribution in [3.8, 4) is 0 Å². The zero-order chi connectivity index (χ0) is 22.4. The molecule has 0 bridgehead atoms. The van der Waals surface area contributed by atoms with Crippen molar-refractivity contribution in [3.63, 3.8) is 0 Å². The van der Waals surface area contributed by atoms with Gasteiger partial charge in [-0.1, -0.05) is 0 Å². The normalized spacial score (nSPS) is 18.9. The highest BCUT2D eigenvalue weighted by atomic mass is 32.1. The van der Waals surface area contributed by atoms with E-state index in [2.05, 4.69) is 44.3 Å². The summed E-state index contributed by atoms with van der Waals surface area (Å²) in [6.45, 7) is 7.82. The maximum Gasteiger partial charge on any atom is 0.257 e. The van der Waals surface area contributed by atoms with Gasteiger partial charge in [-0.15, -0.1) is 11.3 Å². The summed E-state index contributed by atoms with van der Waals surface area (Å²) in [6.07, 6.45) is 3.22. The summed E-state index contributed by atoms with van der Waals surface area (Å²) >= 11 is 1.39. The summed E-state index contributed by atoms with van der Waals surface area (Å²) < 4.78 is 15.1. The van der Waals surface area contributed by atoms with Crippen LogP contribution in [-0.2, 0) is 0 Å². The molecule has 0 spiro atoms. The van der Waals surface area contributed by atoms with Gasteiger partial charge in [0.15, 0.2) is 5.82 Å². The third-order valence-corrected chi connectivity index (χ3v) is 6.48. The molecule has 2 aromatic carbocycles. The molecule has 9 heteroatoms. The van der Waals surface area contributed by atoms with Crippen LogP contribution in [0.4, 0.5) is 15.8 Å². The highest BCUT2D eigenvalue weighted by Gasteiger charge is 2.24. The first-order valence-corrected chi connectivity index (χ1v) is 11.3. The van der Waals surface area contributed by atoms with Gasteiger partial charge in [-0.2, -0.15) is 0 Å². The number of benzene rings is 2. The van der Waals surface area contributed by atoms with E-state index in [1.807, 2.05) is 13.0 Å². The van der Waals surface area contributed by atoms with E-state index in [1.54, 1.807) is 24.5 Å². The Bertz CT molecular complexity index is 1330. The van der Waals surface area contributed by atoms with E-state index in [-0.39, 0.29) is 5.91 Å². The zero-order valence-electron chi connectivity index (χ0n) is 18.0. The Kier molecular flexibility index (Phi) is 5.22. The van der Waals surface area contributed by atoms with Crippen molar-refractivity contribution in [2.24, 2.45) is 0 Å². The first-order valence-electron chi connectivity index (χ1n) is 10.5. The number of hydrogen-bond donors (Lipinski definition) is 2. The molecule has 7 nitrogen and oxygen atoms in total. The molecule has 2 N–H and O–H groups in total. The van der Waals surface area contributed by atoms with Crippen LogP contribution >= 0.6 is 11.3 Å². The van der Waals surface area contributed by atoms with E-state index in [1.165, 1.54) is 17.4 Å². The second-order valence-corrected chi connectivity index (χ2v) is 9.49. The molecule has 1 saturated heterocycles. The van der Waals surface area contributed by atoms with Gasteiger partial charge in [0.05, 0.1) is 21.0 Å². The molecule has 0 radical (unpaired) electrons. The summed E-state index contributed by atoms with van der Waals surface area (Å²) in [6, 6.07) is 7.41. The van der Waals surface area contributed by atoms with E-state index >= 15 is 0 Å². The van der Waals surface area contributed by atoms with Crippen molar-refractivity contribution < 1.29 is 9.18 Å². The molecule has 1 aliphatic heterocycles. The number of hydrogen-bond acceptors (Lipinski definition) is 7. The largest absolute Gasteiger partial charge is 0.367 e. The van der Waals surface area contributed by atoms with Crippen LogP contribution in [0.3, 0.4) is 0 Å². The maximum atomic E-state index is 14.4. The van der Waals surface area contributed by atoms with Crippen LogP contribution in [0.1, 0.15) is 29.2 Å². The van der Waals surface area contributed by atoms with Crippen molar-refractivity contribution in [2.75, 3.05) is 23.3 Å². The number of aryl methyl sites for hydroxylation is 1. The number of amides is 1. The van der Waals surface area contributed by atoms with Crippen LogP contribution < -0.4 is 15.5 Å². The highest BCUT2D eigenvalue weighted by Crippen LogP contribution is 2.30.